The van der Waals surface area contributed by atoms with Crippen LogP contribution in [0.15, 0.2) is 64.2 Å². The topological polar surface area (TPSA) is 91.0 Å². The first-order chi connectivity index (χ1) is 10.5. The Morgan fingerprint density at radius 1 is 1.05 bits per heavy atom. The minimum absolute atomic E-state index is 0.138. The van der Waals surface area contributed by atoms with Gasteiger partial charge in [-0.3, -0.25) is 0 Å². The van der Waals surface area contributed by atoms with Gasteiger partial charge >= 0.3 is 0 Å². The average molecular weight is 316 g/mol. The third-order valence-corrected chi connectivity index (χ3v) is 4.10. The highest BCUT2D eigenvalue weighted by atomic mass is 32.2. The summed E-state index contributed by atoms with van der Waals surface area (Å²) in [5, 5.41) is 7.63. The zero-order valence-electron chi connectivity index (χ0n) is 11.6. The molecule has 0 aliphatic carbocycles. The Balaban J connectivity index is 1.82. The molecule has 3 aromatic rings. The highest BCUT2D eigenvalue weighted by Crippen LogP contribution is 2.17. The fraction of sp³-hybridized carbons (Fsp3) is 0.0714. The average Bonchev–Trinajstić information content (AvgIpc) is 2.95. The first-order valence-corrected chi connectivity index (χ1v) is 7.84. The number of hydrogen-bond acceptors (Lipinski definition) is 5. The lowest BCUT2D eigenvalue weighted by Gasteiger charge is -2.14. The summed E-state index contributed by atoms with van der Waals surface area (Å²) < 4.78 is 30.8. The Kier molecular flexibility index (Phi) is 3.60. The fourth-order valence-corrected chi connectivity index (χ4v) is 2.74. The number of rotatable bonds is 4. The van der Waals surface area contributed by atoms with E-state index in [0.717, 1.165) is 0 Å². The molecule has 2 heterocycles. The van der Waals surface area contributed by atoms with Crippen LogP contribution < -0.4 is 4.68 Å². The number of nitrogens with zero attached hydrogens (tertiary/aromatic N) is 4. The van der Waals surface area contributed by atoms with Gasteiger partial charge in [-0.1, -0.05) is 18.2 Å². The largest absolute Gasteiger partial charge is 0.421 e. The molecule has 7 nitrogen and oxygen atoms in total. The van der Waals surface area contributed by atoms with Gasteiger partial charge in [0.2, 0.25) is 11.8 Å². The molecular weight excluding hydrogens is 304 g/mol. The summed E-state index contributed by atoms with van der Waals surface area (Å²) in [6, 6.07) is 11.3. The van der Waals surface area contributed by atoms with Crippen LogP contribution in [0.25, 0.3) is 16.3 Å². The van der Waals surface area contributed by atoms with Crippen molar-refractivity contribution in [3.05, 3.63) is 65.6 Å². The minimum Gasteiger partial charge on any atom is -0.421 e. The summed E-state index contributed by atoms with van der Waals surface area (Å²) in [5.41, 5.74) is 0.684. The van der Waals surface area contributed by atoms with E-state index in [1.807, 2.05) is 0 Å². The van der Waals surface area contributed by atoms with Gasteiger partial charge in [0.25, 0.3) is 0 Å². The quantitative estimate of drug-likeness (QED) is 0.685. The summed E-state index contributed by atoms with van der Waals surface area (Å²) in [5.74, 6) is 0.832. The van der Waals surface area contributed by atoms with E-state index in [1.54, 1.807) is 37.3 Å². The zero-order valence-corrected chi connectivity index (χ0v) is 12.4. The molecule has 0 amide bonds. The van der Waals surface area contributed by atoms with Gasteiger partial charge in [0.05, 0.1) is 10.5 Å². The second-order valence-electron chi connectivity index (χ2n) is 4.46. The molecular formula is C14H12N4O3S. The highest BCUT2D eigenvalue weighted by Gasteiger charge is 2.10. The van der Waals surface area contributed by atoms with Crippen molar-refractivity contribution < 1.29 is 17.5 Å². The molecule has 0 atom stereocenters. The van der Waals surface area contributed by atoms with Gasteiger partial charge < -0.3 is 9.25 Å². The molecule has 0 fully saturated rings. The van der Waals surface area contributed by atoms with E-state index in [1.165, 1.54) is 29.2 Å². The van der Waals surface area contributed by atoms with E-state index in [9.17, 15) is 8.42 Å². The lowest BCUT2D eigenvalue weighted by atomic mass is 10.3. The SMILES string of the molecule is Cc1nnc(-c2cc[n+]([N-]S(=O)(=O)c3ccccc3)cc2)o1. The molecule has 8 heteroatoms. The fourth-order valence-electron chi connectivity index (χ4n) is 1.79. The van der Waals surface area contributed by atoms with Crippen LogP contribution in [0.4, 0.5) is 0 Å². The van der Waals surface area contributed by atoms with Crippen molar-refractivity contribution in [2.75, 3.05) is 0 Å². The maximum atomic E-state index is 12.1. The van der Waals surface area contributed by atoms with Gasteiger partial charge in [-0.25, -0.2) is 13.1 Å². The lowest BCUT2D eigenvalue weighted by Crippen LogP contribution is -2.31. The molecule has 0 aliphatic rings. The van der Waals surface area contributed by atoms with Crippen LogP contribution in [-0.2, 0) is 10.0 Å². The summed E-state index contributed by atoms with van der Waals surface area (Å²) in [6.07, 6.45) is 3.02. The number of benzene rings is 1. The predicted octanol–water partition coefficient (Wildman–Crippen LogP) is 1.86. The first-order valence-electron chi connectivity index (χ1n) is 6.40. The Morgan fingerprint density at radius 3 is 2.32 bits per heavy atom. The zero-order chi connectivity index (χ0) is 15.6. The van der Waals surface area contributed by atoms with Crippen molar-refractivity contribution in [3.8, 4) is 11.5 Å². The van der Waals surface area contributed by atoms with E-state index in [-0.39, 0.29) is 4.90 Å². The molecule has 0 radical (unpaired) electrons. The van der Waals surface area contributed by atoms with E-state index in [2.05, 4.69) is 15.0 Å². The summed E-state index contributed by atoms with van der Waals surface area (Å²) in [6.45, 7) is 1.70. The molecule has 2 aromatic heterocycles. The molecule has 0 aliphatic heterocycles. The number of sulfonamides is 1. The van der Waals surface area contributed by atoms with Gasteiger partial charge in [-0.15, -0.1) is 10.2 Å². The Labute approximate surface area is 127 Å². The smallest absolute Gasteiger partial charge is 0.248 e. The second kappa shape index (κ2) is 5.57. The predicted molar refractivity (Wildman–Crippen MR) is 77.1 cm³/mol. The van der Waals surface area contributed by atoms with Gasteiger partial charge in [-0.05, 0) is 12.1 Å². The molecule has 0 unspecified atom stereocenters. The van der Waals surface area contributed by atoms with Gasteiger partial charge in [0, 0.05) is 19.1 Å². The number of pyridine rings is 1. The molecule has 0 bridgehead atoms. The van der Waals surface area contributed by atoms with E-state index in [4.69, 9.17) is 4.42 Å². The second-order valence-corrected chi connectivity index (χ2v) is 6.05. The standard InChI is InChI=1S/C14H12N4O3S/c1-11-15-16-14(21-11)12-7-9-18(10-8-12)17-22(19,20)13-5-3-2-4-6-13/h2-10H,1H3. The number of aryl methyl sites for hydroxylation is 1. The van der Waals surface area contributed by atoms with Crippen molar-refractivity contribution >= 4 is 10.0 Å². The monoisotopic (exact) mass is 316 g/mol. The molecule has 0 N–H and O–H groups in total. The third kappa shape index (κ3) is 2.96. The van der Waals surface area contributed by atoms with E-state index >= 15 is 0 Å². The van der Waals surface area contributed by atoms with Crippen LogP contribution in [0, 0.1) is 6.92 Å². The van der Waals surface area contributed by atoms with Crippen LogP contribution in [0.1, 0.15) is 5.89 Å². The number of aromatic nitrogens is 3. The maximum absolute atomic E-state index is 12.1. The Bertz CT molecular complexity index is 874. The summed E-state index contributed by atoms with van der Waals surface area (Å²) in [4.78, 5) is 3.86. The van der Waals surface area contributed by atoms with Crippen LogP contribution >= 0.6 is 0 Å². The van der Waals surface area contributed by atoms with Crippen molar-refractivity contribution in [3.63, 3.8) is 0 Å². The molecule has 0 saturated carbocycles. The van der Waals surface area contributed by atoms with Crippen molar-refractivity contribution in [1.82, 2.24) is 10.2 Å². The first kappa shape index (κ1) is 14.2. The highest BCUT2D eigenvalue weighted by molar-refractivity contribution is 7.93. The molecule has 1 aromatic carbocycles. The normalized spacial score (nSPS) is 11.3. The van der Waals surface area contributed by atoms with Crippen LogP contribution in [0.2, 0.25) is 0 Å². The van der Waals surface area contributed by atoms with Crippen LogP contribution in [0.3, 0.4) is 0 Å². The van der Waals surface area contributed by atoms with E-state index in [0.29, 0.717) is 17.3 Å². The lowest BCUT2D eigenvalue weighted by molar-refractivity contribution is -0.613. The summed E-state index contributed by atoms with van der Waals surface area (Å²) in [7, 11) is -3.75. The Hall–Kier alpha value is -2.74. The van der Waals surface area contributed by atoms with Crippen LogP contribution in [0.5, 0.6) is 0 Å². The molecule has 0 saturated heterocycles. The number of hydrogen-bond donors (Lipinski definition) is 0. The molecule has 0 spiro atoms. The molecule has 3 rings (SSSR count). The van der Waals surface area contributed by atoms with Crippen molar-refractivity contribution in [2.24, 2.45) is 0 Å². The van der Waals surface area contributed by atoms with Gasteiger partial charge in [-0.2, -0.15) is 0 Å². The maximum Gasteiger partial charge on any atom is 0.248 e. The minimum atomic E-state index is -3.75. The third-order valence-electron chi connectivity index (χ3n) is 2.83. The van der Waals surface area contributed by atoms with Crippen LogP contribution in [-0.4, -0.2) is 18.6 Å². The molecule has 22 heavy (non-hydrogen) atoms. The summed E-state index contributed by atoms with van der Waals surface area (Å²) >= 11 is 0. The molecule has 112 valence electrons. The van der Waals surface area contributed by atoms with Crippen molar-refractivity contribution in [2.45, 2.75) is 11.8 Å². The Morgan fingerprint density at radius 2 is 1.73 bits per heavy atom. The van der Waals surface area contributed by atoms with Crippen molar-refractivity contribution in [1.29, 1.82) is 0 Å². The van der Waals surface area contributed by atoms with E-state index < -0.39 is 10.0 Å². The van der Waals surface area contributed by atoms with Gasteiger partial charge in [0.15, 0.2) is 22.4 Å². The van der Waals surface area contributed by atoms with Gasteiger partial charge in [0.1, 0.15) is 0 Å².